The predicted octanol–water partition coefficient (Wildman–Crippen LogP) is 2.75. The zero-order valence-corrected chi connectivity index (χ0v) is 10.7. The molecule has 0 aliphatic rings. The minimum atomic E-state index is -1.48. The number of benzene rings is 1. The molecule has 0 fully saturated rings. The van der Waals surface area contributed by atoms with Crippen molar-refractivity contribution in [3.8, 4) is 0 Å². The molecule has 1 aromatic carbocycles. The average molecular weight is 218 g/mol. The van der Waals surface area contributed by atoms with Crippen molar-refractivity contribution in [3.05, 3.63) is 42.0 Å². The smallest absolute Gasteiger partial charge is 0.145 e. The Bertz CT molecular complexity index is 352. The maximum atomic E-state index is 10.8. The van der Waals surface area contributed by atoms with Gasteiger partial charge in [0.25, 0.3) is 0 Å². The minimum absolute atomic E-state index is 0.926. The number of rotatable bonds is 4. The minimum Gasteiger partial charge on any atom is -0.298 e. The van der Waals surface area contributed by atoms with Crippen LogP contribution in [0.1, 0.15) is 6.92 Å². The van der Waals surface area contributed by atoms with Gasteiger partial charge < -0.3 is 0 Å². The summed E-state index contributed by atoms with van der Waals surface area (Å²) in [4.78, 5) is 10.8. The van der Waals surface area contributed by atoms with Gasteiger partial charge in [-0.2, -0.15) is 0 Å². The van der Waals surface area contributed by atoms with Gasteiger partial charge in [-0.25, -0.2) is 0 Å². The maximum Gasteiger partial charge on any atom is 0.145 e. The molecule has 0 amide bonds. The monoisotopic (exact) mass is 218 g/mol. The van der Waals surface area contributed by atoms with Crippen LogP contribution in [0.2, 0.25) is 19.1 Å². The predicted molar refractivity (Wildman–Crippen MR) is 68.2 cm³/mol. The Morgan fingerprint density at radius 3 is 2.33 bits per heavy atom. The lowest BCUT2D eigenvalue weighted by molar-refractivity contribution is -0.104. The Labute approximate surface area is 92.8 Å². The van der Waals surface area contributed by atoms with Gasteiger partial charge in [0.2, 0.25) is 0 Å². The van der Waals surface area contributed by atoms with E-state index in [0.717, 1.165) is 17.9 Å². The molecule has 15 heavy (non-hydrogen) atoms. The molecule has 1 rings (SSSR count). The van der Waals surface area contributed by atoms with Crippen molar-refractivity contribution in [2.24, 2.45) is 0 Å². The van der Waals surface area contributed by atoms with Crippen LogP contribution in [0.15, 0.2) is 42.0 Å². The van der Waals surface area contributed by atoms with E-state index in [1.54, 1.807) is 0 Å². The van der Waals surface area contributed by atoms with Crippen LogP contribution in [0.25, 0.3) is 0 Å². The fourth-order valence-electron chi connectivity index (χ4n) is 1.71. The van der Waals surface area contributed by atoms with Gasteiger partial charge in [-0.15, -0.1) is 0 Å². The first-order valence-electron chi connectivity index (χ1n) is 5.26. The first-order chi connectivity index (χ1) is 7.10. The standard InChI is InChI=1S/C13H18OSi/c1-4-12(10-14)11-15(2,3)13-8-6-5-7-9-13/h4-10H,11H2,1-3H3/b12-4+. The number of hydrogen-bond donors (Lipinski definition) is 0. The molecule has 0 saturated heterocycles. The third kappa shape index (κ3) is 3.17. The fourth-order valence-corrected chi connectivity index (χ4v) is 4.32. The zero-order chi connectivity index (χ0) is 11.3. The second-order valence-corrected chi connectivity index (χ2v) is 9.11. The molecule has 0 aromatic heterocycles. The Balaban J connectivity index is 2.89. The second-order valence-electron chi connectivity index (χ2n) is 4.41. The molecule has 80 valence electrons. The number of aldehydes is 1. The van der Waals surface area contributed by atoms with Crippen molar-refractivity contribution in [1.82, 2.24) is 0 Å². The van der Waals surface area contributed by atoms with E-state index in [2.05, 4.69) is 37.4 Å². The molecular weight excluding hydrogens is 200 g/mol. The highest BCUT2D eigenvalue weighted by Gasteiger charge is 2.23. The van der Waals surface area contributed by atoms with Crippen LogP contribution in [0.3, 0.4) is 0 Å². The maximum absolute atomic E-state index is 10.8. The van der Waals surface area contributed by atoms with E-state index < -0.39 is 8.07 Å². The van der Waals surface area contributed by atoms with Crippen LogP contribution in [0.5, 0.6) is 0 Å². The molecule has 0 N–H and O–H groups in total. The van der Waals surface area contributed by atoms with E-state index in [0.29, 0.717) is 0 Å². The molecule has 0 spiro atoms. The third-order valence-electron chi connectivity index (χ3n) is 2.72. The molecule has 0 aliphatic heterocycles. The van der Waals surface area contributed by atoms with E-state index in [1.165, 1.54) is 5.19 Å². The first kappa shape index (κ1) is 11.9. The Hall–Kier alpha value is -1.15. The van der Waals surface area contributed by atoms with Gasteiger partial charge in [0.1, 0.15) is 6.29 Å². The Morgan fingerprint density at radius 1 is 1.27 bits per heavy atom. The number of carbonyl (C=O) groups excluding carboxylic acids is 1. The van der Waals surface area contributed by atoms with Gasteiger partial charge in [0.15, 0.2) is 0 Å². The van der Waals surface area contributed by atoms with Crippen LogP contribution >= 0.6 is 0 Å². The molecule has 1 nitrogen and oxygen atoms in total. The molecule has 0 saturated carbocycles. The largest absolute Gasteiger partial charge is 0.298 e. The Kier molecular flexibility index (Phi) is 4.03. The SMILES string of the molecule is C/C=C(\C=O)C[Si](C)(C)c1ccccc1. The summed E-state index contributed by atoms with van der Waals surface area (Å²) in [6.45, 7) is 6.53. The highest BCUT2D eigenvalue weighted by molar-refractivity contribution is 6.90. The Morgan fingerprint density at radius 2 is 1.87 bits per heavy atom. The lowest BCUT2D eigenvalue weighted by Gasteiger charge is -2.22. The van der Waals surface area contributed by atoms with Crippen molar-refractivity contribution in [1.29, 1.82) is 0 Å². The summed E-state index contributed by atoms with van der Waals surface area (Å²) in [6.07, 6.45) is 2.91. The lowest BCUT2D eigenvalue weighted by atomic mass is 10.3. The zero-order valence-electron chi connectivity index (χ0n) is 9.66. The summed E-state index contributed by atoms with van der Waals surface area (Å²) >= 11 is 0. The molecule has 2 heteroatoms. The van der Waals surface area contributed by atoms with Crippen molar-refractivity contribution in [3.63, 3.8) is 0 Å². The van der Waals surface area contributed by atoms with Crippen molar-refractivity contribution < 1.29 is 4.79 Å². The van der Waals surface area contributed by atoms with E-state index in [-0.39, 0.29) is 0 Å². The van der Waals surface area contributed by atoms with Crippen LogP contribution < -0.4 is 5.19 Å². The van der Waals surface area contributed by atoms with E-state index in [9.17, 15) is 4.79 Å². The van der Waals surface area contributed by atoms with Crippen molar-refractivity contribution in [2.45, 2.75) is 26.1 Å². The van der Waals surface area contributed by atoms with Gasteiger partial charge in [-0.3, -0.25) is 4.79 Å². The summed E-state index contributed by atoms with van der Waals surface area (Å²) in [5, 5.41) is 1.41. The van der Waals surface area contributed by atoms with E-state index in [1.807, 2.05) is 19.1 Å². The molecule has 0 unspecified atom stereocenters. The number of hydrogen-bond acceptors (Lipinski definition) is 1. The summed E-state index contributed by atoms with van der Waals surface area (Å²) in [6, 6.07) is 11.4. The van der Waals surface area contributed by atoms with Gasteiger partial charge in [-0.05, 0) is 18.5 Å². The molecule has 1 aromatic rings. The van der Waals surface area contributed by atoms with E-state index in [4.69, 9.17) is 0 Å². The van der Waals surface area contributed by atoms with E-state index >= 15 is 0 Å². The quantitative estimate of drug-likeness (QED) is 0.431. The molecule has 0 bridgehead atoms. The van der Waals surface area contributed by atoms with Crippen LogP contribution in [-0.4, -0.2) is 14.4 Å². The molecule has 0 radical (unpaired) electrons. The highest BCUT2D eigenvalue weighted by Crippen LogP contribution is 2.15. The first-order valence-corrected chi connectivity index (χ1v) is 8.47. The van der Waals surface area contributed by atoms with Crippen LogP contribution in [0, 0.1) is 0 Å². The van der Waals surface area contributed by atoms with Crippen molar-refractivity contribution >= 4 is 19.5 Å². The molecule has 0 atom stereocenters. The van der Waals surface area contributed by atoms with Gasteiger partial charge in [0.05, 0.1) is 8.07 Å². The summed E-state index contributed by atoms with van der Waals surface area (Å²) < 4.78 is 0. The van der Waals surface area contributed by atoms with Crippen molar-refractivity contribution in [2.75, 3.05) is 0 Å². The molecular formula is C13H18OSi. The summed E-state index contributed by atoms with van der Waals surface area (Å²) in [7, 11) is -1.48. The van der Waals surface area contributed by atoms with Gasteiger partial charge >= 0.3 is 0 Å². The normalized spacial score (nSPS) is 12.6. The van der Waals surface area contributed by atoms with Crippen LogP contribution in [0.4, 0.5) is 0 Å². The van der Waals surface area contributed by atoms with Gasteiger partial charge in [0, 0.05) is 0 Å². The number of allylic oxidation sites excluding steroid dienone is 2. The topological polar surface area (TPSA) is 17.1 Å². The summed E-state index contributed by atoms with van der Waals surface area (Å²) in [5.74, 6) is 0. The average Bonchev–Trinajstić information content (AvgIpc) is 2.27. The summed E-state index contributed by atoms with van der Waals surface area (Å²) in [5.41, 5.74) is 0.926. The van der Waals surface area contributed by atoms with Gasteiger partial charge in [-0.1, -0.05) is 54.7 Å². The molecule has 0 aliphatic carbocycles. The lowest BCUT2D eigenvalue weighted by Crippen LogP contribution is -2.41. The second kappa shape index (κ2) is 5.08. The van der Waals surface area contributed by atoms with Crippen LogP contribution in [-0.2, 0) is 4.79 Å². The number of carbonyl (C=O) groups is 1. The molecule has 0 heterocycles. The highest BCUT2D eigenvalue weighted by atomic mass is 28.3. The third-order valence-corrected chi connectivity index (χ3v) is 5.91. The fraction of sp³-hybridized carbons (Fsp3) is 0.308.